The Balaban J connectivity index is 1.92. The summed E-state index contributed by atoms with van der Waals surface area (Å²) in [6.45, 7) is 4.59. The molecule has 0 spiro atoms. The van der Waals surface area contributed by atoms with Crippen molar-refractivity contribution in [1.29, 1.82) is 0 Å². The van der Waals surface area contributed by atoms with Gasteiger partial charge in [0.05, 0.1) is 23.7 Å². The predicted octanol–water partition coefficient (Wildman–Crippen LogP) is 0.960. The molecule has 23 heavy (non-hydrogen) atoms. The molecule has 124 valence electrons. The van der Waals surface area contributed by atoms with Crippen LogP contribution in [0.3, 0.4) is 0 Å². The van der Waals surface area contributed by atoms with Crippen molar-refractivity contribution in [2.24, 2.45) is 0 Å². The number of benzene rings is 1. The van der Waals surface area contributed by atoms with Crippen molar-refractivity contribution in [3.63, 3.8) is 0 Å². The molecule has 0 aliphatic carbocycles. The number of amides is 2. The Morgan fingerprint density at radius 3 is 2.61 bits per heavy atom. The Labute approximate surface area is 133 Å². The van der Waals surface area contributed by atoms with Gasteiger partial charge in [0, 0.05) is 30.8 Å². The summed E-state index contributed by atoms with van der Waals surface area (Å²) in [5.41, 5.74) is -0.0180. The van der Waals surface area contributed by atoms with Crippen molar-refractivity contribution in [3.05, 3.63) is 39.9 Å². The highest BCUT2D eigenvalue weighted by atomic mass is 16.6. The topological polar surface area (TPSA) is 102 Å². The van der Waals surface area contributed by atoms with Crippen LogP contribution < -0.4 is 5.32 Å². The Kier molecular flexibility index (Phi) is 5.28. The number of carbonyl (C=O) groups excluding carboxylic acids is 2. The van der Waals surface area contributed by atoms with E-state index in [1.807, 2.05) is 13.8 Å². The average Bonchev–Trinajstić information content (AvgIpc) is 2.51. The van der Waals surface area contributed by atoms with E-state index in [2.05, 4.69) is 5.32 Å². The van der Waals surface area contributed by atoms with Crippen LogP contribution in [0.25, 0.3) is 0 Å². The second kappa shape index (κ2) is 7.19. The maximum absolute atomic E-state index is 12.1. The molecule has 8 nitrogen and oxygen atoms in total. The van der Waals surface area contributed by atoms with E-state index in [4.69, 9.17) is 4.74 Å². The largest absolute Gasteiger partial charge is 0.372 e. The molecular weight excluding hydrogens is 302 g/mol. The molecule has 0 radical (unpaired) electrons. The SMILES string of the molecule is C[C@H]1CN(C(=O)CNC(=O)c2cccc([N+](=O)[O-])c2)C[C@H](C)O1. The highest BCUT2D eigenvalue weighted by molar-refractivity contribution is 5.96. The van der Waals surface area contributed by atoms with Crippen molar-refractivity contribution in [3.8, 4) is 0 Å². The zero-order valence-electron chi connectivity index (χ0n) is 13.0. The lowest BCUT2D eigenvalue weighted by Crippen LogP contribution is -2.51. The number of nitro groups is 1. The van der Waals surface area contributed by atoms with Gasteiger partial charge in [0.25, 0.3) is 11.6 Å². The van der Waals surface area contributed by atoms with Gasteiger partial charge in [-0.1, -0.05) is 6.07 Å². The van der Waals surface area contributed by atoms with Gasteiger partial charge in [-0.25, -0.2) is 0 Å². The van der Waals surface area contributed by atoms with Gasteiger partial charge in [-0.05, 0) is 19.9 Å². The van der Waals surface area contributed by atoms with E-state index >= 15 is 0 Å². The molecule has 0 aromatic heterocycles. The van der Waals surface area contributed by atoms with Gasteiger partial charge in [-0.15, -0.1) is 0 Å². The van der Waals surface area contributed by atoms with Crippen molar-refractivity contribution in [2.75, 3.05) is 19.6 Å². The summed E-state index contributed by atoms with van der Waals surface area (Å²) in [6.07, 6.45) is -0.0923. The Morgan fingerprint density at radius 1 is 1.35 bits per heavy atom. The summed E-state index contributed by atoms with van der Waals surface area (Å²) in [7, 11) is 0. The number of nitrogens with one attached hydrogen (secondary N) is 1. The molecule has 0 saturated carbocycles. The summed E-state index contributed by atoms with van der Waals surface area (Å²) in [6, 6.07) is 5.38. The summed E-state index contributed by atoms with van der Waals surface area (Å²) in [5, 5.41) is 13.2. The van der Waals surface area contributed by atoms with Crippen LogP contribution in [0.1, 0.15) is 24.2 Å². The molecule has 2 amide bonds. The minimum absolute atomic E-state index is 0.0461. The molecule has 0 bridgehead atoms. The molecule has 1 fully saturated rings. The van der Waals surface area contributed by atoms with Gasteiger partial charge >= 0.3 is 0 Å². The first-order chi connectivity index (χ1) is 10.9. The Morgan fingerprint density at radius 2 is 2.00 bits per heavy atom. The lowest BCUT2D eigenvalue weighted by molar-refractivity contribution is -0.384. The maximum atomic E-state index is 12.1. The van der Waals surface area contributed by atoms with E-state index in [0.29, 0.717) is 13.1 Å². The lowest BCUT2D eigenvalue weighted by Gasteiger charge is -2.35. The zero-order valence-corrected chi connectivity index (χ0v) is 13.0. The van der Waals surface area contributed by atoms with Crippen molar-refractivity contribution in [1.82, 2.24) is 10.2 Å². The van der Waals surface area contributed by atoms with Crippen LogP contribution in [-0.4, -0.2) is 53.5 Å². The summed E-state index contributed by atoms with van der Waals surface area (Å²) >= 11 is 0. The van der Waals surface area contributed by atoms with Gasteiger partial charge in [0.1, 0.15) is 0 Å². The van der Waals surface area contributed by atoms with Crippen molar-refractivity contribution in [2.45, 2.75) is 26.1 Å². The normalized spacial score (nSPS) is 20.9. The average molecular weight is 321 g/mol. The second-order valence-corrected chi connectivity index (χ2v) is 5.55. The van der Waals surface area contributed by atoms with Crippen LogP contribution in [0.2, 0.25) is 0 Å². The van der Waals surface area contributed by atoms with E-state index in [0.717, 1.165) is 0 Å². The van der Waals surface area contributed by atoms with Gasteiger partial charge in [0.15, 0.2) is 0 Å². The van der Waals surface area contributed by atoms with Crippen LogP contribution in [0.5, 0.6) is 0 Å². The quantitative estimate of drug-likeness (QED) is 0.657. The Bertz CT molecular complexity index is 609. The third kappa shape index (κ3) is 4.49. The standard InChI is InChI=1S/C15H19N3O5/c1-10-8-17(9-11(2)23-10)14(19)7-16-15(20)12-4-3-5-13(6-12)18(21)22/h3-6,10-11H,7-9H2,1-2H3,(H,16,20)/t10-,11-/m0/s1. The highest BCUT2D eigenvalue weighted by Crippen LogP contribution is 2.13. The molecule has 0 unspecified atom stereocenters. The molecule has 1 aromatic rings. The van der Waals surface area contributed by atoms with E-state index < -0.39 is 10.8 Å². The van der Waals surface area contributed by atoms with Gasteiger partial charge < -0.3 is 15.0 Å². The zero-order chi connectivity index (χ0) is 17.0. The molecule has 2 rings (SSSR count). The molecule has 2 atom stereocenters. The predicted molar refractivity (Wildman–Crippen MR) is 82.0 cm³/mol. The van der Waals surface area contributed by atoms with E-state index in [9.17, 15) is 19.7 Å². The smallest absolute Gasteiger partial charge is 0.270 e. The second-order valence-electron chi connectivity index (χ2n) is 5.55. The fourth-order valence-corrected chi connectivity index (χ4v) is 2.51. The summed E-state index contributed by atoms with van der Waals surface area (Å²) < 4.78 is 5.55. The van der Waals surface area contributed by atoms with Crippen LogP contribution in [-0.2, 0) is 9.53 Å². The molecular formula is C15H19N3O5. The number of nitro benzene ring substituents is 1. The lowest BCUT2D eigenvalue weighted by atomic mass is 10.2. The molecule has 1 aliphatic rings. The number of non-ortho nitro benzene ring substituents is 1. The minimum Gasteiger partial charge on any atom is -0.372 e. The van der Waals surface area contributed by atoms with E-state index in [1.54, 1.807) is 4.90 Å². The third-order valence-electron chi connectivity index (χ3n) is 3.49. The van der Waals surface area contributed by atoms with Crippen LogP contribution in [0, 0.1) is 10.1 Å². The molecule has 1 aromatic carbocycles. The van der Waals surface area contributed by atoms with Gasteiger partial charge in [-0.3, -0.25) is 19.7 Å². The van der Waals surface area contributed by atoms with E-state index in [-0.39, 0.29) is 35.9 Å². The number of morpholine rings is 1. The van der Waals surface area contributed by atoms with Crippen molar-refractivity contribution < 1.29 is 19.2 Å². The number of hydrogen-bond acceptors (Lipinski definition) is 5. The molecule has 8 heteroatoms. The first-order valence-corrected chi connectivity index (χ1v) is 7.32. The molecule has 1 heterocycles. The van der Waals surface area contributed by atoms with Gasteiger partial charge in [0.2, 0.25) is 5.91 Å². The Hall–Kier alpha value is -2.48. The number of hydrogen-bond donors (Lipinski definition) is 1. The first-order valence-electron chi connectivity index (χ1n) is 7.32. The highest BCUT2D eigenvalue weighted by Gasteiger charge is 2.26. The number of ether oxygens (including phenoxy) is 1. The maximum Gasteiger partial charge on any atom is 0.270 e. The molecule has 1 saturated heterocycles. The number of rotatable bonds is 4. The summed E-state index contributed by atoms with van der Waals surface area (Å²) in [4.78, 5) is 35.9. The van der Waals surface area contributed by atoms with Crippen LogP contribution in [0.4, 0.5) is 5.69 Å². The van der Waals surface area contributed by atoms with Crippen LogP contribution >= 0.6 is 0 Å². The fraction of sp³-hybridized carbons (Fsp3) is 0.467. The molecule has 1 N–H and O–H groups in total. The van der Waals surface area contributed by atoms with Crippen LogP contribution in [0.15, 0.2) is 24.3 Å². The third-order valence-corrected chi connectivity index (χ3v) is 3.49. The van der Waals surface area contributed by atoms with E-state index in [1.165, 1.54) is 24.3 Å². The molecule has 1 aliphatic heterocycles. The number of carbonyl (C=O) groups is 2. The summed E-state index contributed by atoms with van der Waals surface area (Å²) in [5.74, 6) is -0.720. The fourth-order valence-electron chi connectivity index (χ4n) is 2.51. The number of nitrogens with zero attached hydrogens (tertiary/aromatic N) is 2. The minimum atomic E-state index is -0.571. The van der Waals surface area contributed by atoms with Gasteiger partial charge in [-0.2, -0.15) is 0 Å². The van der Waals surface area contributed by atoms with Crippen molar-refractivity contribution >= 4 is 17.5 Å². The first kappa shape index (κ1) is 16.9. The monoisotopic (exact) mass is 321 g/mol.